The van der Waals surface area contributed by atoms with Crippen LogP contribution in [-0.4, -0.2) is 20.7 Å². The maximum atomic E-state index is 13.2. The maximum absolute atomic E-state index is 13.2. The van der Waals surface area contributed by atoms with Crippen LogP contribution in [0.15, 0.2) is 35.3 Å². The molecule has 1 saturated carbocycles. The Kier molecular flexibility index (Phi) is 5.32. The summed E-state index contributed by atoms with van der Waals surface area (Å²) in [4.78, 5) is 24.0. The van der Waals surface area contributed by atoms with Gasteiger partial charge in [-0.1, -0.05) is 38.0 Å². The van der Waals surface area contributed by atoms with Crippen molar-refractivity contribution in [3.05, 3.63) is 57.5 Å². The zero-order valence-corrected chi connectivity index (χ0v) is 15.4. The van der Waals surface area contributed by atoms with Crippen molar-refractivity contribution in [2.45, 2.75) is 57.2 Å². The number of aromatic hydroxyl groups is 1. The van der Waals surface area contributed by atoms with E-state index in [1.165, 1.54) is 10.7 Å². The minimum Gasteiger partial charge on any atom is -0.503 e. The molecule has 0 saturated heterocycles. The maximum Gasteiger partial charge on any atom is 0.416 e. The lowest BCUT2D eigenvalue weighted by molar-refractivity contribution is -0.137. The van der Waals surface area contributed by atoms with Crippen molar-refractivity contribution in [1.29, 1.82) is 0 Å². The molecular weight excluding hydrogens is 373 g/mol. The van der Waals surface area contributed by atoms with E-state index in [2.05, 4.69) is 5.10 Å². The number of hydrogen-bond acceptors (Lipinski definition) is 4. The van der Waals surface area contributed by atoms with Crippen molar-refractivity contribution < 1.29 is 23.1 Å². The van der Waals surface area contributed by atoms with E-state index in [0.29, 0.717) is 18.4 Å². The molecule has 0 bridgehead atoms. The number of aromatic nitrogens is 2. The SMILES string of the molecule is CCC(=O)c1nn(CC2(c3cccc(C(F)(F)F)c3)CCCC2)cc(O)c1=O. The summed E-state index contributed by atoms with van der Waals surface area (Å²) in [6.07, 6.45) is -0.233. The number of Topliss-reactive ketones (excluding diaryl/α,β-unsaturated/α-hetero) is 1. The molecule has 0 amide bonds. The lowest BCUT2D eigenvalue weighted by atomic mass is 9.78. The minimum atomic E-state index is -4.44. The molecule has 28 heavy (non-hydrogen) atoms. The molecule has 0 spiro atoms. The number of carbonyl (C=O) groups excluding carboxylic acids is 1. The van der Waals surface area contributed by atoms with E-state index in [0.717, 1.165) is 31.2 Å². The Morgan fingerprint density at radius 1 is 1.29 bits per heavy atom. The second kappa shape index (κ2) is 7.41. The van der Waals surface area contributed by atoms with Crippen molar-refractivity contribution in [3.8, 4) is 5.75 Å². The summed E-state index contributed by atoms with van der Waals surface area (Å²) >= 11 is 0. The van der Waals surface area contributed by atoms with Crippen molar-refractivity contribution in [2.75, 3.05) is 0 Å². The van der Waals surface area contributed by atoms with E-state index in [9.17, 15) is 27.9 Å². The Morgan fingerprint density at radius 2 is 1.96 bits per heavy atom. The van der Waals surface area contributed by atoms with Crippen molar-refractivity contribution in [3.63, 3.8) is 0 Å². The summed E-state index contributed by atoms with van der Waals surface area (Å²) in [7, 11) is 0. The second-order valence-electron chi connectivity index (χ2n) is 7.23. The van der Waals surface area contributed by atoms with E-state index in [-0.39, 0.29) is 18.7 Å². The van der Waals surface area contributed by atoms with Crippen LogP contribution in [0.2, 0.25) is 0 Å². The molecule has 150 valence electrons. The van der Waals surface area contributed by atoms with Gasteiger partial charge < -0.3 is 5.11 Å². The molecule has 0 aliphatic heterocycles. The molecule has 2 aromatic rings. The molecule has 1 aliphatic carbocycles. The van der Waals surface area contributed by atoms with E-state index >= 15 is 0 Å². The van der Waals surface area contributed by atoms with Gasteiger partial charge >= 0.3 is 6.18 Å². The normalized spacial score (nSPS) is 16.3. The quantitative estimate of drug-likeness (QED) is 0.776. The lowest BCUT2D eigenvalue weighted by Crippen LogP contribution is -2.32. The highest BCUT2D eigenvalue weighted by molar-refractivity contribution is 5.93. The number of nitrogens with zero attached hydrogens (tertiary/aromatic N) is 2. The summed E-state index contributed by atoms with van der Waals surface area (Å²) in [6.45, 7) is 1.76. The Morgan fingerprint density at radius 3 is 2.57 bits per heavy atom. The zero-order chi connectivity index (χ0) is 20.5. The predicted octanol–water partition coefficient (Wildman–Crippen LogP) is 4.07. The fourth-order valence-electron chi connectivity index (χ4n) is 3.88. The second-order valence-corrected chi connectivity index (χ2v) is 7.23. The number of halogens is 3. The molecule has 1 aromatic carbocycles. The van der Waals surface area contributed by atoms with Crippen LogP contribution in [0.1, 0.15) is 60.6 Å². The van der Waals surface area contributed by atoms with Gasteiger partial charge in [0, 0.05) is 11.8 Å². The van der Waals surface area contributed by atoms with Crippen LogP contribution in [0, 0.1) is 0 Å². The number of ketones is 1. The minimum absolute atomic E-state index is 0.0600. The van der Waals surface area contributed by atoms with Gasteiger partial charge in [-0.25, -0.2) is 0 Å². The first-order valence-electron chi connectivity index (χ1n) is 9.18. The van der Waals surface area contributed by atoms with Crippen LogP contribution in [-0.2, 0) is 18.1 Å². The molecule has 5 nitrogen and oxygen atoms in total. The summed E-state index contributed by atoms with van der Waals surface area (Å²) in [5.41, 5.74) is -1.96. The first-order chi connectivity index (χ1) is 13.2. The summed E-state index contributed by atoms with van der Waals surface area (Å²) < 4.78 is 40.8. The molecular formula is C20H21F3N2O3. The Hall–Kier alpha value is -2.64. The molecule has 8 heteroatoms. The lowest BCUT2D eigenvalue weighted by Gasteiger charge is -2.31. The third-order valence-corrected chi connectivity index (χ3v) is 5.36. The first kappa shape index (κ1) is 20.1. The summed E-state index contributed by atoms with van der Waals surface area (Å²) in [5.74, 6) is -1.09. The van der Waals surface area contributed by atoms with Crippen LogP contribution in [0.3, 0.4) is 0 Å². The van der Waals surface area contributed by atoms with Crippen LogP contribution in [0.4, 0.5) is 13.2 Å². The number of hydrogen-bond donors (Lipinski definition) is 1. The molecule has 1 heterocycles. The van der Waals surface area contributed by atoms with Gasteiger partial charge in [0.2, 0.25) is 0 Å². The highest BCUT2D eigenvalue weighted by Gasteiger charge is 2.39. The van der Waals surface area contributed by atoms with E-state index in [1.807, 2.05) is 0 Å². The van der Waals surface area contributed by atoms with Gasteiger partial charge in [-0.05, 0) is 24.5 Å². The van der Waals surface area contributed by atoms with Gasteiger partial charge in [0.05, 0.1) is 18.3 Å². The molecule has 1 N–H and O–H groups in total. The molecule has 3 rings (SSSR count). The van der Waals surface area contributed by atoms with Gasteiger partial charge in [-0.2, -0.15) is 18.3 Å². The average molecular weight is 394 g/mol. The average Bonchev–Trinajstić information content (AvgIpc) is 3.13. The highest BCUT2D eigenvalue weighted by Crippen LogP contribution is 2.44. The smallest absolute Gasteiger partial charge is 0.416 e. The largest absolute Gasteiger partial charge is 0.503 e. The molecule has 0 atom stereocenters. The molecule has 0 unspecified atom stereocenters. The summed E-state index contributed by atoms with van der Waals surface area (Å²) in [5, 5.41) is 14.0. The van der Waals surface area contributed by atoms with E-state index < -0.39 is 34.1 Å². The Bertz CT molecular complexity index is 944. The van der Waals surface area contributed by atoms with Gasteiger partial charge in [0.15, 0.2) is 17.2 Å². The number of rotatable bonds is 5. The van der Waals surface area contributed by atoms with Gasteiger partial charge in [-0.15, -0.1) is 0 Å². The van der Waals surface area contributed by atoms with Crippen molar-refractivity contribution >= 4 is 5.78 Å². The number of alkyl halides is 3. The fraction of sp³-hybridized carbons (Fsp3) is 0.450. The zero-order valence-electron chi connectivity index (χ0n) is 15.4. The number of carbonyl (C=O) groups is 1. The monoisotopic (exact) mass is 394 g/mol. The Balaban J connectivity index is 2.04. The van der Waals surface area contributed by atoms with Crippen LogP contribution in [0.25, 0.3) is 0 Å². The Labute approximate surface area is 159 Å². The van der Waals surface area contributed by atoms with Crippen LogP contribution in [0.5, 0.6) is 5.75 Å². The fourth-order valence-corrected chi connectivity index (χ4v) is 3.88. The molecule has 1 aromatic heterocycles. The standard InChI is InChI=1S/C20H21F3N2O3/c1-2-15(26)17-18(28)16(27)11-25(24-17)12-19(8-3-4-9-19)13-6-5-7-14(10-13)20(21,22)23/h5-7,10-11,27H,2-4,8-9,12H2,1H3. The first-order valence-corrected chi connectivity index (χ1v) is 9.18. The van der Waals surface area contributed by atoms with Crippen LogP contribution < -0.4 is 5.43 Å². The predicted molar refractivity (Wildman–Crippen MR) is 96.4 cm³/mol. The molecule has 1 aliphatic rings. The summed E-state index contributed by atoms with van der Waals surface area (Å²) in [6, 6.07) is 5.25. The molecule has 0 radical (unpaired) electrons. The van der Waals surface area contributed by atoms with Gasteiger partial charge in [0.25, 0.3) is 5.43 Å². The molecule has 1 fully saturated rings. The van der Waals surface area contributed by atoms with Crippen LogP contribution >= 0.6 is 0 Å². The van der Waals surface area contributed by atoms with Crippen molar-refractivity contribution in [2.24, 2.45) is 0 Å². The van der Waals surface area contributed by atoms with Gasteiger partial charge in [-0.3, -0.25) is 14.3 Å². The van der Waals surface area contributed by atoms with E-state index in [4.69, 9.17) is 0 Å². The third kappa shape index (κ3) is 3.81. The third-order valence-electron chi connectivity index (χ3n) is 5.36. The van der Waals surface area contributed by atoms with E-state index in [1.54, 1.807) is 13.0 Å². The number of benzene rings is 1. The highest BCUT2D eigenvalue weighted by atomic mass is 19.4. The van der Waals surface area contributed by atoms with Crippen molar-refractivity contribution in [1.82, 2.24) is 9.78 Å². The van der Waals surface area contributed by atoms with Gasteiger partial charge in [0.1, 0.15) is 0 Å². The topological polar surface area (TPSA) is 72.2 Å².